The largest absolute Gasteiger partial charge is 0.0882 e. The molecule has 0 aromatic carbocycles. The average molecular weight is 281 g/mol. The minimum Gasteiger partial charge on any atom is -0.0882 e. The van der Waals surface area contributed by atoms with Crippen LogP contribution in [0.15, 0.2) is 23.3 Å². The summed E-state index contributed by atoms with van der Waals surface area (Å²) in [5.41, 5.74) is 3.70. The highest BCUT2D eigenvalue weighted by molar-refractivity contribution is 6.77. The van der Waals surface area contributed by atoms with E-state index in [0.29, 0.717) is 0 Å². The zero-order valence-corrected chi connectivity index (χ0v) is 15.4. The Morgan fingerprint density at radius 2 is 1.06 bits per heavy atom. The molecule has 18 heavy (non-hydrogen) atoms. The molecule has 2 heteroatoms. The van der Waals surface area contributed by atoms with Gasteiger partial charge >= 0.3 is 0 Å². The molecule has 1 rings (SSSR count). The number of allylic oxidation sites excluding steroid dienone is 4. The summed E-state index contributed by atoms with van der Waals surface area (Å²) >= 11 is 0. The summed E-state index contributed by atoms with van der Waals surface area (Å²) in [7, 11) is -1.93. The fraction of sp³-hybridized carbons (Fsp3) is 0.750. The summed E-state index contributed by atoms with van der Waals surface area (Å²) in [5, 5.41) is 0. The van der Waals surface area contributed by atoms with Crippen molar-refractivity contribution in [2.75, 3.05) is 0 Å². The molecule has 0 nitrogen and oxygen atoms in total. The molecule has 104 valence electrons. The molecule has 0 saturated carbocycles. The molecule has 0 unspecified atom stereocenters. The monoisotopic (exact) mass is 280 g/mol. The first-order chi connectivity index (χ1) is 8.17. The van der Waals surface area contributed by atoms with Gasteiger partial charge in [0.25, 0.3) is 0 Å². The molecule has 1 aliphatic rings. The number of hydrogen-bond acceptors (Lipinski definition) is 0. The smallest absolute Gasteiger partial charge is 0.0483 e. The summed E-state index contributed by atoms with van der Waals surface area (Å²) in [6, 6.07) is 2.86. The molecular weight excluding hydrogens is 248 g/mol. The zero-order valence-electron chi connectivity index (χ0n) is 13.4. The van der Waals surface area contributed by atoms with Crippen molar-refractivity contribution in [2.45, 2.75) is 77.1 Å². The first-order valence-electron chi connectivity index (χ1n) is 7.52. The predicted molar refractivity (Wildman–Crippen MR) is 90.9 cm³/mol. The fourth-order valence-electron chi connectivity index (χ4n) is 2.81. The highest BCUT2D eigenvalue weighted by Crippen LogP contribution is 2.32. The lowest BCUT2D eigenvalue weighted by Crippen LogP contribution is -2.24. The van der Waals surface area contributed by atoms with Crippen molar-refractivity contribution in [1.29, 1.82) is 0 Å². The maximum Gasteiger partial charge on any atom is 0.0483 e. The summed E-state index contributed by atoms with van der Waals surface area (Å²) < 4.78 is 0. The Kier molecular flexibility index (Phi) is 5.66. The first-order valence-corrected chi connectivity index (χ1v) is 14.9. The van der Waals surface area contributed by atoms with E-state index >= 15 is 0 Å². The molecule has 0 radical (unpaired) electrons. The Hall–Kier alpha value is -0.0862. The van der Waals surface area contributed by atoms with Gasteiger partial charge < -0.3 is 0 Å². The zero-order chi connectivity index (χ0) is 13.8. The van der Waals surface area contributed by atoms with Crippen molar-refractivity contribution in [1.82, 2.24) is 0 Å². The molecule has 0 aromatic heterocycles. The molecule has 0 aliphatic heterocycles. The third-order valence-electron chi connectivity index (χ3n) is 3.38. The van der Waals surface area contributed by atoms with Gasteiger partial charge in [0, 0.05) is 16.1 Å². The summed E-state index contributed by atoms with van der Waals surface area (Å²) in [6.07, 6.45) is 10.0. The van der Waals surface area contributed by atoms with Crippen molar-refractivity contribution in [3.63, 3.8) is 0 Å². The molecule has 0 spiro atoms. The van der Waals surface area contributed by atoms with Gasteiger partial charge in [0.1, 0.15) is 0 Å². The van der Waals surface area contributed by atoms with Gasteiger partial charge in [0.05, 0.1) is 0 Å². The highest BCUT2D eigenvalue weighted by Gasteiger charge is 2.22. The summed E-state index contributed by atoms with van der Waals surface area (Å²) in [4.78, 5) is 0. The predicted octanol–water partition coefficient (Wildman–Crippen LogP) is 6.09. The summed E-state index contributed by atoms with van der Waals surface area (Å²) in [6.45, 7) is 15.1. The van der Waals surface area contributed by atoms with Crippen LogP contribution in [0.1, 0.15) is 25.7 Å². The van der Waals surface area contributed by atoms with Crippen LogP contribution in [0.4, 0.5) is 0 Å². The van der Waals surface area contributed by atoms with Gasteiger partial charge in [-0.1, -0.05) is 62.6 Å². The Labute approximate surface area is 117 Å². The van der Waals surface area contributed by atoms with E-state index in [4.69, 9.17) is 0 Å². The topological polar surface area (TPSA) is 0 Å². The molecule has 0 fully saturated rings. The maximum atomic E-state index is 2.51. The third-order valence-corrected chi connectivity index (χ3v) is 6.35. The quantitative estimate of drug-likeness (QED) is 0.432. The van der Waals surface area contributed by atoms with Gasteiger partial charge in [-0.05, 0) is 37.8 Å². The molecule has 0 N–H and O–H groups in total. The average Bonchev–Trinajstić information content (AvgIpc) is 2.12. The molecule has 0 saturated heterocycles. The van der Waals surface area contributed by atoms with Crippen molar-refractivity contribution in [2.24, 2.45) is 0 Å². The van der Waals surface area contributed by atoms with Crippen LogP contribution in [0.2, 0.25) is 51.4 Å². The van der Waals surface area contributed by atoms with Gasteiger partial charge in [0.2, 0.25) is 0 Å². The van der Waals surface area contributed by atoms with E-state index < -0.39 is 16.1 Å². The standard InChI is InChI=1S/C16H32Si2/c1-17(2,3)13-15-11-9-7-8-10-12-16(15)14-18(4,5)6/h7-8H,9-14H2,1-6H3. The number of rotatable bonds is 4. The van der Waals surface area contributed by atoms with E-state index in [-0.39, 0.29) is 0 Å². The van der Waals surface area contributed by atoms with Crippen molar-refractivity contribution >= 4 is 16.1 Å². The van der Waals surface area contributed by atoms with Crippen LogP contribution in [0.3, 0.4) is 0 Å². The molecule has 0 amide bonds. The van der Waals surface area contributed by atoms with Crippen LogP contribution in [-0.2, 0) is 0 Å². The van der Waals surface area contributed by atoms with Gasteiger partial charge in [-0.2, -0.15) is 0 Å². The Morgan fingerprint density at radius 3 is 1.33 bits per heavy atom. The lowest BCUT2D eigenvalue weighted by molar-refractivity contribution is 0.855. The molecule has 1 aliphatic carbocycles. The molecule has 0 aromatic rings. The van der Waals surface area contributed by atoms with E-state index in [1.54, 1.807) is 0 Å². The van der Waals surface area contributed by atoms with Gasteiger partial charge in [0.15, 0.2) is 0 Å². The van der Waals surface area contributed by atoms with Crippen LogP contribution in [-0.4, -0.2) is 16.1 Å². The van der Waals surface area contributed by atoms with Crippen LogP contribution in [0.25, 0.3) is 0 Å². The third kappa shape index (κ3) is 6.74. The van der Waals surface area contributed by atoms with Gasteiger partial charge in [-0.25, -0.2) is 0 Å². The summed E-state index contributed by atoms with van der Waals surface area (Å²) in [5.74, 6) is 0. The van der Waals surface area contributed by atoms with E-state index in [0.717, 1.165) is 0 Å². The SMILES string of the molecule is C[Si](C)(C)CC1=C(C[Si](C)(C)C)CCC=CCC1. The lowest BCUT2D eigenvalue weighted by atomic mass is 9.99. The maximum absolute atomic E-state index is 2.51. The lowest BCUT2D eigenvalue weighted by Gasteiger charge is -2.26. The van der Waals surface area contributed by atoms with Crippen LogP contribution < -0.4 is 0 Å². The highest BCUT2D eigenvalue weighted by atomic mass is 28.3. The minimum absolute atomic E-state index is 0.967. The van der Waals surface area contributed by atoms with Crippen LogP contribution in [0, 0.1) is 0 Å². The molecule has 0 bridgehead atoms. The normalized spacial score (nSPS) is 18.8. The Balaban J connectivity index is 2.91. The number of hydrogen-bond donors (Lipinski definition) is 0. The fourth-order valence-corrected chi connectivity index (χ4v) is 6.23. The second-order valence-corrected chi connectivity index (χ2v) is 19.2. The van der Waals surface area contributed by atoms with Crippen molar-refractivity contribution in [3.05, 3.63) is 23.3 Å². The second-order valence-electron chi connectivity index (χ2n) is 8.23. The van der Waals surface area contributed by atoms with Crippen molar-refractivity contribution < 1.29 is 0 Å². The van der Waals surface area contributed by atoms with Crippen molar-refractivity contribution in [3.8, 4) is 0 Å². The van der Waals surface area contributed by atoms with E-state index in [9.17, 15) is 0 Å². The Morgan fingerprint density at radius 1 is 0.722 bits per heavy atom. The Bertz CT molecular complexity index is 292. The van der Waals surface area contributed by atoms with E-state index in [1.807, 2.05) is 11.1 Å². The second kappa shape index (κ2) is 6.38. The van der Waals surface area contributed by atoms with E-state index in [1.165, 1.54) is 37.8 Å². The molecular formula is C16H32Si2. The van der Waals surface area contributed by atoms with Gasteiger partial charge in [-0.3, -0.25) is 0 Å². The molecule has 0 atom stereocenters. The van der Waals surface area contributed by atoms with E-state index in [2.05, 4.69) is 51.4 Å². The first kappa shape index (κ1) is 16.0. The minimum atomic E-state index is -0.967. The molecule has 0 heterocycles. The van der Waals surface area contributed by atoms with Crippen LogP contribution in [0.5, 0.6) is 0 Å². The van der Waals surface area contributed by atoms with Gasteiger partial charge in [-0.15, -0.1) is 0 Å². The van der Waals surface area contributed by atoms with Crippen LogP contribution >= 0.6 is 0 Å².